The molecule has 1 N–H and O–H groups in total. The van der Waals surface area contributed by atoms with Crippen LogP contribution in [0.2, 0.25) is 0 Å². The molecule has 1 aliphatic rings. The number of cyclic esters (lactones) is 2. The minimum absolute atomic E-state index is 0.00366. The van der Waals surface area contributed by atoms with Crippen molar-refractivity contribution in [2.45, 2.75) is 19.6 Å². The van der Waals surface area contributed by atoms with E-state index in [9.17, 15) is 14.7 Å². The fourth-order valence-corrected chi connectivity index (χ4v) is 3.52. The van der Waals surface area contributed by atoms with Crippen LogP contribution in [0.4, 0.5) is 0 Å². The number of halogens is 2. The summed E-state index contributed by atoms with van der Waals surface area (Å²) in [6, 6.07) is 3.43. The molecule has 0 atom stereocenters. The third-order valence-electron chi connectivity index (χ3n) is 2.47. The van der Waals surface area contributed by atoms with Gasteiger partial charge in [0.15, 0.2) is 0 Å². The lowest BCUT2D eigenvalue weighted by Crippen LogP contribution is -2.41. The Labute approximate surface area is 142 Å². The summed E-state index contributed by atoms with van der Waals surface area (Å²) < 4.78 is 11.5. The number of hydrogen-bond donors (Lipinski definition) is 1. The SMILES string of the molecule is CC1(C)OC(=O)C(=Cc2cc(I)cc(I)c2O)C(=O)O1. The molecule has 20 heavy (non-hydrogen) atoms. The summed E-state index contributed by atoms with van der Waals surface area (Å²) in [5.41, 5.74) is 0.127. The van der Waals surface area contributed by atoms with Gasteiger partial charge in [-0.1, -0.05) is 0 Å². The number of esters is 2. The Bertz CT molecular complexity index is 612. The zero-order chi connectivity index (χ0) is 15.1. The molecule has 0 radical (unpaired) electrons. The van der Waals surface area contributed by atoms with Crippen LogP contribution in [0, 0.1) is 7.14 Å². The molecule has 0 spiro atoms. The van der Waals surface area contributed by atoms with Crippen LogP contribution >= 0.6 is 45.2 Å². The monoisotopic (exact) mass is 500 g/mol. The molecule has 0 aliphatic carbocycles. The van der Waals surface area contributed by atoms with Crippen molar-refractivity contribution in [1.82, 2.24) is 0 Å². The van der Waals surface area contributed by atoms with Gasteiger partial charge >= 0.3 is 11.9 Å². The van der Waals surface area contributed by atoms with Crippen molar-refractivity contribution in [1.29, 1.82) is 0 Å². The molecule has 0 unspecified atom stereocenters. The highest BCUT2D eigenvalue weighted by Gasteiger charge is 2.39. The average molecular weight is 500 g/mol. The first kappa shape index (κ1) is 15.5. The van der Waals surface area contributed by atoms with Gasteiger partial charge in [0.1, 0.15) is 11.3 Å². The number of benzene rings is 1. The Hall–Kier alpha value is -0.840. The van der Waals surface area contributed by atoms with Gasteiger partial charge in [-0.2, -0.15) is 0 Å². The topological polar surface area (TPSA) is 72.8 Å². The second-order valence-corrected chi connectivity index (χ2v) is 6.97. The number of aromatic hydroxyl groups is 1. The number of phenolic OH excluding ortho intramolecular Hbond substituents is 1. The molecule has 1 saturated heterocycles. The van der Waals surface area contributed by atoms with Crippen LogP contribution < -0.4 is 0 Å². The van der Waals surface area contributed by atoms with E-state index in [4.69, 9.17) is 9.47 Å². The maximum Gasteiger partial charge on any atom is 0.348 e. The molecule has 106 valence electrons. The molecular weight excluding hydrogens is 490 g/mol. The zero-order valence-electron chi connectivity index (χ0n) is 10.6. The van der Waals surface area contributed by atoms with Crippen molar-refractivity contribution in [2.75, 3.05) is 0 Å². The number of carbonyl (C=O) groups excluding carboxylic acids is 2. The maximum atomic E-state index is 11.8. The minimum Gasteiger partial charge on any atom is -0.506 e. The molecule has 7 heteroatoms. The van der Waals surface area contributed by atoms with E-state index in [1.807, 2.05) is 22.6 Å². The first-order valence-electron chi connectivity index (χ1n) is 5.56. The summed E-state index contributed by atoms with van der Waals surface area (Å²) in [5.74, 6) is -2.80. The van der Waals surface area contributed by atoms with Crippen molar-refractivity contribution in [3.63, 3.8) is 0 Å². The van der Waals surface area contributed by atoms with E-state index in [2.05, 4.69) is 22.6 Å². The highest BCUT2D eigenvalue weighted by molar-refractivity contribution is 14.1. The average Bonchev–Trinajstić information content (AvgIpc) is 2.28. The van der Waals surface area contributed by atoms with Gasteiger partial charge in [-0.3, -0.25) is 0 Å². The van der Waals surface area contributed by atoms with E-state index in [0.717, 1.165) is 3.57 Å². The van der Waals surface area contributed by atoms with Crippen molar-refractivity contribution in [3.8, 4) is 5.75 Å². The van der Waals surface area contributed by atoms with Crippen molar-refractivity contribution < 1.29 is 24.2 Å². The fourth-order valence-electron chi connectivity index (χ4n) is 1.63. The molecule has 0 saturated carbocycles. The Morgan fingerprint density at radius 3 is 2.25 bits per heavy atom. The van der Waals surface area contributed by atoms with Crippen LogP contribution in [0.15, 0.2) is 17.7 Å². The van der Waals surface area contributed by atoms with Crippen molar-refractivity contribution >= 4 is 63.2 Å². The Morgan fingerprint density at radius 2 is 1.70 bits per heavy atom. The number of carbonyl (C=O) groups is 2. The summed E-state index contributed by atoms with van der Waals surface area (Å²) in [6.07, 6.45) is 1.28. The van der Waals surface area contributed by atoms with Crippen molar-refractivity contribution in [3.05, 3.63) is 30.4 Å². The molecule has 1 aromatic rings. The second-order valence-electron chi connectivity index (χ2n) is 4.56. The molecule has 0 aromatic heterocycles. The smallest absolute Gasteiger partial charge is 0.348 e. The molecule has 1 aromatic carbocycles. The third-order valence-corrected chi connectivity index (χ3v) is 3.92. The van der Waals surface area contributed by atoms with Gasteiger partial charge in [-0.05, 0) is 63.4 Å². The number of rotatable bonds is 1. The minimum atomic E-state index is -1.27. The van der Waals surface area contributed by atoms with Gasteiger partial charge in [0, 0.05) is 23.0 Å². The summed E-state index contributed by atoms with van der Waals surface area (Å²) in [5, 5.41) is 9.97. The lowest BCUT2D eigenvalue weighted by Gasteiger charge is -2.29. The van der Waals surface area contributed by atoms with E-state index < -0.39 is 17.7 Å². The molecule has 1 fully saturated rings. The number of hydrogen-bond acceptors (Lipinski definition) is 5. The fraction of sp³-hybridized carbons (Fsp3) is 0.231. The van der Waals surface area contributed by atoms with Gasteiger partial charge in [0.05, 0.1) is 3.57 Å². The summed E-state index contributed by atoms with van der Waals surface area (Å²) >= 11 is 4.05. The Morgan fingerprint density at radius 1 is 1.15 bits per heavy atom. The van der Waals surface area contributed by atoms with Gasteiger partial charge in [-0.25, -0.2) is 9.59 Å². The van der Waals surface area contributed by atoms with Gasteiger partial charge in [0.25, 0.3) is 5.79 Å². The summed E-state index contributed by atoms with van der Waals surface area (Å²) in [7, 11) is 0. The van der Waals surface area contributed by atoms with Gasteiger partial charge in [0.2, 0.25) is 0 Å². The van der Waals surface area contributed by atoms with E-state index >= 15 is 0 Å². The van der Waals surface area contributed by atoms with E-state index in [1.165, 1.54) is 19.9 Å². The molecule has 2 rings (SSSR count). The molecule has 0 bridgehead atoms. The predicted molar refractivity (Wildman–Crippen MR) is 87.8 cm³/mol. The van der Waals surface area contributed by atoms with Crippen LogP contribution in [0.1, 0.15) is 19.4 Å². The first-order chi connectivity index (χ1) is 9.19. The van der Waals surface area contributed by atoms with Crippen LogP contribution in [0.25, 0.3) is 6.08 Å². The van der Waals surface area contributed by atoms with Crippen LogP contribution in [0.5, 0.6) is 5.75 Å². The third kappa shape index (κ3) is 3.25. The zero-order valence-corrected chi connectivity index (χ0v) is 14.9. The molecule has 1 heterocycles. The van der Waals surface area contributed by atoms with Gasteiger partial charge in [-0.15, -0.1) is 0 Å². The lowest BCUT2D eigenvalue weighted by molar-refractivity contribution is -0.222. The van der Waals surface area contributed by atoms with Crippen LogP contribution in [0.3, 0.4) is 0 Å². The Kier molecular flexibility index (Phi) is 4.28. The Balaban J connectivity index is 2.46. The standard InChI is InChI=1S/C13H10I2O5/c1-13(2)19-11(17)8(12(18)20-13)4-6-3-7(14)5-9(15)10(6)16/h3-5,16H,1-2H3. The summed E-state index contributed by atoms with van der Waals surface area (Å²) in [6.45, 7) is 2.96. The molecule has 5 nitrogen and oxygen atoms in total. The molecular formula is C13H10I2O5. The van der Waals surface area contributed by atoms with Crippen molar-refractivity contribution in [2.24, 2.45) is 0 Å². The van der Waals surface area contributed by atoms with Crippen LogP contribution in [-0.4, -0.2) is 22.8 Å². The highest BCUT2D eigenvalue weighted by Crippen LogP contribution is 2.31. The van der Waals surface area contributed by atoms with E-state index in [1.54, 1.807) is 12.1 Å². The first-order valence-corrected chi connectivity index (χ1v) is 7.72. The van der Waals surface area contributed by atoms with E-state index in [0.29, 0.717) is 9.13 Å². The molecule has 1 aliphatic heterocycles. The largest absolute Gasteiger partial charge is 0.506 e. The number of phenols is 1. The summed E-state index contributed by atoms with van der Waals surface area (Å²) in [4.78, 5) is 23.7. The normalized spacial score (nSPS) is 17.5. The lowest BCUT2D eigenvalue weighted by atomic mass is 10.1. The maximum absolute atomic E-state index is 11.8. The number of ether oxygens (including phenoxy) is 2. The van der Waals surface area contributed by atoms with Gasteiger partial charge < -0.3 is 14.6 Å². The highest BCUT2D eigenvalue weighted by atomic mass is 127. The molecule has 0 amide bonds. The van der Waals surface area contributed by atoms with Crippen LogP contribution in [-0.2, 0) is 19.1 Å². The second kappa shape index (κ2) is 5.51. The predicted octanol–water partition coefficient (Wildman–Crippen LogP) is 2.82. The van der Waals surface area contributed by atoms with E-state index in [-0.39, 0.29) is 11.3 Å². The quantitative estimate of drug-likeness (QED) is 0.278.